The molecule has 2 aromatic heterocycles. The lowest BCUT2D eigenvalue weighted by Gasteiger charge is -2.33. The highest BCUT2D eigenvalue weighted by atomic mass is 16.5. The second-order valence-electron chi connectivity index (χ2n) is 6.99. The number of hydrogen-bond acceptors (Lipinski definition) is 8. The minimum atomic E-state index is -0.644. The molecule has 29 heavy (non-hydrogen) atoms. The number of nitrogens with two attached hydrogens (primary N) is 1. The number of nitrogens with one attached hydrogen (secondary N) is 1. The minimum Gasteiger partial charge on any atom is -0.384 e. The highest BCUT2D eigenvalue weighted by Crippen LogP contribution is 2.39. The standard InChI is InChI=1S/C19H23N7O2.CH4/c20-4-1-16(22)26-18-14(12-23-26)15(19(13-21)2-7-27-8-3-19)11-17(24-18)25-5-9-28-10-6-25;/h1,4,11-12,20H,2-3,5-10,22H2;1H4/b16-1+,20-4?;. The highest BCUT2D eigenvalue weighted by molar-refractivity contribution is 5.86. The maximum atomic E-state index is 10.1. The molecule has 2 fully saturated rings. The van der Waals surface area contributed by atoms with Gasteiger partial charge in [0.15, 0.2) is 5.65 Å². The molecule has 3 N–H and O–H groups in total. The molecule has 0 aromatic carbocycles. The normalized spacial score (nSPS) is 19.4. The van der Waals surface area contributed by atoms with E-state index < -0.39 is 5.41 Å². The van der Waals surface area contributed by atoms with Crippen LogP contribution in [-0.2, 0) is 14.9 Å². The number of hydrogen-bond donors (Lipinski definition) is 2. The predicted octanol–water partition coefficient (Wildman–Crippen LogP) is 1.88. The van der Waals surface area contributed by atoms with E-state index in [4.69, 9.17) is 25.6 Å². The van der Waals surface area contributed by atoms with Crippen LogP contribution < -0.4 is 10.6 Å². The van der Waals surface area contributed by atoms with Gasteiger partial charge in [-0.25, -0.2) is 4.98 Å². The van der Waals surface area contributed by atoms with Crippen LogP contribution >= 0.6 is 0 Å². The molecule has 2 saturated heterocycles. The van der Waals surface area contributed by atoms with Crippen molar-refractivity contribution in [3.8, 4) is 6.07 Å². The van der Waals surface area contributed by atoms with Gasteiger partial charge in [-0.3, -0.25) is 0 Å². The predicted molar refractivity (Wildman–Crippen MR) is 112 cm³/mol. The fourth-order valence-electron chi connectivity index (χ4n) is 3.84. The lowest BCUT2D eigenvalue weighted by Crippen LogP contribution is -2.37. The Balaban J connectivity index is 0.00000240. The third-order valence-electron chi connectivity index (χ3n) is 5.44. The van der Waals surface area contributed by atoms with Crippen LogP contribution in [0.15, 0.2) is 18.3 Å². The maximum absolute atomic E-state index is 10.1. The van der Waals surface area contributed by atoms with Crippen LogP contribution in [0.1, 0.15) is 25.8 Å². The van der Waals surface area contributed by atoms with Crippen molar-refractivity contribution in [3.63, 3.8) is 0 Å². The van der Waals surface area contributed by atoms with Gasteiger partial charge in [0.2, 0.25) is 0 Å². The molecule has 0 bridgehead atoms. The summed E-state index contributed by atoms with van der Waals surface area (Å²) in [5, 5.41) is 22.6. The van der Waals surface area contributed by atoms with E-state index in [0.29, 0.717) is 50.7 Å². The van der Waals surface area contributed by atoms with Gasteiger partial charge in [-0.2, -0.15) is 15.0 Å². The number of rotatable bonds is 4. The zero-order chi connectivity index (χ0) is 19.6. The van der Waals surface area contributed by atoms with Gasteiger partial charge in [0.1, 0.15) is 11.6 Å². The van der Waals surface area contributed by atoms with Crippen molar-refractivity contribution in [2.24, 2.45) is 5.73 Å². The molecule has 9 heteroatoms. The van der Waals surface area contributed by atoms with Gasteiger partial charge in [0.05, 0.1) is 30.9 Å². The molecular weight excluding hydrogens is 370 g/mol. The second-order valence-corrected chi connectivity index (χ2v) is 6.99. The zero-order valence-corrected chi connectivity index (χ0v) is 15.6. The average molecular weight is 397 g/mol. The molecule has 0 saturated carbocycles. The van der Waals surface area contributed by atoms with Gasteiger partial charge in [0, 0.05) is 37.9 Å². The van der Waals surface area contributed by atoms with Crippen LogP contribution in [0.2, 0.25) is 0 Å². The molecule has 0 radical (unpaired) electrons. The largest absolute Gasteiger partial charge is 0.384 e. The topological polar surface area (TPSA) is 126 Å². The van der Waals surface area contributed by atoms with Gasteiger partial charge in [-0.15, -0.1) is 0 Å². The van der Waals surface area contributed by atoms with Crippen LogP contribution in [-0.4, -0.2) is 60.5 Å². The first-order chi connectivity index (χ1) is 13.7. The minimum absolute atomic E-state index is 0. The molecule has 0 amide bonds. The summed E-state index contributed by atoms with van der Waals surface area (Å²) in [6, 6.07) is 4.57. The number of aromatic nitrogens is 3. The van der Waals surface area contributed by atoms with Crippen LogP contribution in [0.4, 0.5) is 5.82 Å². The first-order valence-electron chi connectivity index (χ1n) is 9.36. The molecule has 2 aliphatic heterocycles. The molecule has 0 aliphatic carbocycles. The van der Waals surface area contributed by atoms with Crippen LogP contribution in [0.3, 0.4) is 0 Å². The van der Waals surface area contributed by atoms with Crippen LogP contribution in [0, 0.1) is 16.7 Å². The van der Waals surface area contributed by atoms with Gasteiger partial charge in [-0.1, -0.05) is 7.43 Å². The number of morpholine rings is 1. The third kappa shape index (κ3) is 3.69. The van der Waals surface area contributed by atoms with E-state index in [-0.39, 0.29) is 7.43 Å². The molecule has 2 aromatic rings. The summed E-state index contributed by atoms with van der Waals surface area (Å²) < 4.78 is 12.5. The Hall–Kier alpha value is -2.96. The molecule has 0 spiro atoms. The molecular formula is C20H27N7O2. The van der Waals surface area contributed by atoms with E-state index in [1.165, 1.54) is 10.8 Å². The Morgan fingerprint density at radius 1 is 1.24 bits per heavy atom. The lowest BCUT2D eigenvalue weighted by molar-refractivity contribution is 0.0679. The quantitative estimate of drug-likeness (QED) is 0.754. The van der Waals surface area contributed by atoms with Crippen molar-refractivity contribution in [2.75, 3.05) is 44.4 Å². The smallest absolute Gasteiger partial charge is 0.167 e. The van der Waals surface area contributed by atoms with E-state index in [1.807, 2.05) is 6.07 Å². The van der Waals surface area contributed by atoms with Gasteiger partial charge in [0.25, 0.3) is 0 Å². The first-order valence-corrected chi connectivity index (χ1v) is 9.36. The maximum Gasteiger partial charge on any atom is 0.167 e. The number of nitrogens with zero attached hydrogens (tertiary/aromatic N) is 5. The number of nitriles is 1. The van der Waals surface area contributed by atoms with Crippen molar-refractivity contribution < 1.29 is 9.47 Å². The number of allylic oxidation sites excluding steroid dienone is 1. The average Bonchev–Trinajstić information content (AvgIpc) is 3.18. The summed E-state index contributed by atoms with van der Waals surface area (Å²) >= 11 is 0. The number of anilines is 1. The molecule has 0 atom stereocenters. The Morgan fingerprint density at radius 2 is 1.93 bits per heavy atom. The van der Waals surface area contributed by atoms with Crippen molar-refractivity contribution >= 4 is 28.9 Å². The third-order valence-corrected chi connectivity index (χ3v) is 5.44. The van der Waals surface area contributed by atoms with Crippen molar-refractivity contribution in [2.45, 2.75) is 25.7 Å². The summed E-state index contributed by atoms with van der Waals surface area (Å²) in [7, 11) is 0. The molecule has 2 aliphatic rings. The molecule has 154 valence electrons. The van der Waals surface area contributed by atoms with Gasteiger partial charge < -0.3 is 25.5 Å². The molecule has 0 unspecified atom stereocenters. The first kappa shape index (κ1) is 20.8. The zero-order valence-electron chi connectivity index (χ0n) is 15.6. The summed E-state index contributed by atoms with van der Waals surface area (Å²) in [6.45, 7) is 3.85. The molecule has 9 nitrogen and oxygen atoms in total. The van der Waals surface area contributed by atoms with E-state index in [2.05, 4.69) is 16.1 Å². The number of pyridine rings is 1. The number of ether oxygens (including phenoxy) is 2. The lowest BCUT2D eigenvalue weighted by atomic mass is 9.74. The van der Waals surface area contributed by atoms with E-state index >= 15 is 0 Å². The number of fused-ring (bicyclic) bond motifs is 1. The summed E-state index contributed by atoms with van der Waals surface area (Å²) in [5.41, 5.74) is 6.95. The van der Waals surface area contributed by atoms with Crippen molar-refractivity contribution in [1.29, 1.82) is 10.7 Å². The Kier molecular flexibility index (Phi) is 6.15. The Morgan fingerprint density at radius 3 is 2.59 bits per heavy atom. The van der Waals surface area contributed by atoms with E-state index in [1.54, 1.807) is 6.20 Å². The van der Waals surface area contributed by atoms with Crippen LogP contribution in [0.25, 0.3) is 16.9 Å². The summed E-state index contributed by atoms with van der Waals surface area (Å²) in [6.07, 6.45) is 5.54. The van der Waals surface area contributed by atoms with E-state index in [9.17, 15) is 5.26 Å². The summed E-state index contributed by atoms with van der Waals surface area (Å²) in [4.78, 5) is 6.97. The highest BCUT2D eigenvalue weighted by Gasteiger charge is 2.37. The van der Waals surface area contributed by atoms with Crippen molar-refractivity contribution in [3.05, 3.63) is 23.9 Å². The SMILES string of the molecule is C.N#CC1(c2cc(N3CCOCC3)nc3c2cnn3/C(N)=C/C=N)CCOCC1. The van der Waals surface area contributed by atoms with Crippen LogP contribution in [0.5, 0.6) is 0 Å². The van der Waals surface area contributed by atoms with Gasteiger partial charge in [-0.05, 0) is 30.5 Å². The summed E-state index contributed by atoms with van der Waals surface area (Å²) in [5.74, 6) is 1.09. The Labute approximate surface area is 170 Å². The van der Waals surface area contributed by atoms with Crippen molar-refractivity contribution in [1.82, 2.24) is 14.8 Å². The fraction of sp³-hybridized carbons (Fsp3) is 0.500. The Bertz CT molecular complexity index is 948. The van der Waals surface area contributed by atoms with Gasteiger partial charge >= 0.3 is 0 Å². The monoisotopic (exact) mass is 397 g/mol. The second kappa shape index (κ2) is 8.59. The molecule has 4 heterocycles. The molecule has 4 rings (SSSR count). The fourth-order valence-corrected chi connectivity index (χ4v) is 3.84. The van der Waals surface area contributed by atoms with E-state index in [0.717, 1.165) is 36.1 Å².